The van der Waals surface area contributed by atoms with Gasteiger partial charge in [-0.2, -0.15) is 0 Å². The number of carboxylic acids is 1. The van der Waals surface area contributed by atoms with Crippen LogP contribution in [-0.2, 0) is 4.79 Å². The Morgan fingerprint density at radius 3 is 2.67 bits per heavy atom. The van der Waals surface area contributed by atoms with Gasteiger partial charge in [-0.3, -0.25) is 0 Å². The van der Waals surface area contributed by atoms with Crippen LogP contribution >= 0.6 is 0 Å². The summed E-state index contributed by atoms with van der Waals surface area (Å²) in [5.41, 5.74) is 1.59. The summed E-state index contributed by atoms with van der Waals surface area (Å²) in [6.45, 7) is 5.01. The molecule has 1 aliphatic heterocycles. The highest BCUT2D eigenvalue weighted by Crippen LogP contribution is 2.29. The van der Waals surface area contributed by atoms with Crippen molar-refractivity contribution in [2.24, 2.45) is 5.92 Å². The van der Waals surface area contributed by atoms with Gasteiger partial charge in [-0.25, -0.2) is 4.79 Å². The van der Waals surface area contributed by atoms with Crippen molar-refractivity contribution in [2.45, 2.75) is 26.3 Å². The molecule has 1 N–H and O–H groups in total. The molecule has 2 rings (SSSR count). The second kappa shape index (κ2) is 5.25. The molecule has 2 atom stereocenters. The normalized spacial score (nSPS) is 21.3. The van der Waals surface area contributed by atoms with Crippen molar-refractivity contribution in [1.29, 1.82) is 0 Å². The van der Waals surface area contributed by atoms with Gasteiger partial charge in [0.05, 0.1) is 6.04 Å². The van der Waals surface area contributed by atoms with Crippen molar-refractivity contribution in [3.05, 3.63) is 47.7 Å². The molecule has 1 heterocycles. The van der Waals surface area contributed by atoms with Crippen LogP contribution in [0.25, 0.3) is 0 Å². The Bertz CT molecular complexity index is 453. The van der Waals surface area contributed by atoms with E-state index in [1.165, 1.54) is 0 Å². The zero-order chi connectivity index (χ0) is 13.1. The van der Waals surface area contributed by atoms with Gasteiger partial charge in [0.15, 0.2) is 0 Å². The van der Waals surface area contributed by atoms with Gasteiger partial charge in [-0.05, 0) is 24.8 Å². The van der Waals surface area contributed by atoms with Gasteiger partial charge >= 0.3 is 5.97 Å². The first-order chi connectivity index (χ1) is 8.59. The minimum absolute atomic E-state index is 0.0938. The van der Waals surface area contributed by atoms with Crippen LogP contribution in [0, 0.1) is 5.92 Å². The van der Waals surface area contributed by atoms with Crippen molar-refractivity contribution >= 4 is 5.97 Å². The number of carboxylic acid groups (broad SMARTS) is 1. The number of hydrogen-bond acceptors (Lipinski definition) is 2. The van der Waals surface area contributed by atoms with E-state index in [1.807, 2.05) is 41.3 Å². The molecule has 1 aliphatic rings. The summed E-state index contributed by atoms with van der Waals surface area (Å²) in [6, 6.07) is 10.1. The van der Waals surface area contributed by atoms with Gasteiger partial charge in [0.2, 0.25) is 0 Å². The van der Waals surface area contributed by atoms with Crippen molar-refractivity contribution in [2.75, 3.05) is 6.54 Å². The molecule has 3 heteroatoms. The van der Waals surface area contributed by atoms with Crippen LogP contribution in [0.3, 0.4) is 0 Å². The van der Waals surface area contributed by atoms with Crippen molar-refractivity contribution < 1.29 is 9.90 Å². The minimum Gasteiger partial charge on any atom is -0.477 e. The number of benzene rings is 1. The smallest absolute Gasteiger partial charge is 0.351 e. The highest BCUT2D eigenvalue weighted by atomic mass is 16.4. The highest BCUT2D eigenvalue weighted by Gasteiger charge is 2.27. The number of nitrogens with zero attached hydrogens (tertiary/aromatic N) is 1. The van der Waals surface area contributed by atoms with Crippen LogP contribution in [0.2, 0.25) is 0 Å². The Hall–Kier alpha value is -1.77. The van der Waals surface area contributed by atoms with E-state index in [0.29, 0.717) is 11.6 Å². The first kappa shape index (κ1) is 12.7. The largest absolute Gasteiger partial charge is 0.477 e. The Labute approximate surface area is 108 Å². The topological polar surface area (TPSA) is 40.5 Å². The van der Waals surface area contributed by atoms with Crippen LogP contribution < -0.4 is 0 Å². The summed E-state index contributed by atoms with van der Waals surface area (Å²) in [5, 5.41) is 9.28. The first-order valence-corrected chi connectivity index (χ1v) is 6.34. The summed E-state index contributed by atoms with van der Waals surface area (Å²) >= 11 is 0. The molecular weight excluding hydrogens is 226 g/mol. The van der Waals surface area contributed by atoms with E-state index >= 15 is 0 Å². The Morgan fingerprint density at radius 2 is 2.06 bits per heavy atom. The maximum Gasteiger partial charge on any atom is 0.351 e. The van der Waals surface area contributed by atoms with Crippen molar-refractivity contribution in [3.8, 4) is 0 Å². The number of carbonyl (C=O) groups is 1. The lowest BCUT2D eigenvalue weighted by Crippen LogP contribution is -2.36. The lowest BCUT2D eigenvalue weighted by molar-refractivity contribution is -0.135. The van der Waals surface area contributed by atoms with Crippen LogP contribution in [0.4, 0.5) is 0 Å². The third kappa shape index (κ3) is 2.55. The van der Waals surface area contributed by atoms with Crippen LogP contribution in [0.5, 0.6) is 0 Å². The van der Waals surface area contributed by atoms with Gasteiger partial charge in [0, 0.05) is 6.54 Å². The van der Waals surface area contributed by atoms with Crippen LogP contribution in [-0.4, -0.2) is 22.5 Å². The zero-order valence-corrected chi connectivity index (χ0v) is 10.8. The lowest BCUT2D eigenvalue weighted by atomic mass is 9.97. The van der Waals surface area contributed by atoms with E-state index in [1.54, 1.807) is 0 Å². The van der Waals surface area contributed by atoms with Crippen molar-refractivity contribution in [1.82, 2.24) is 4.90 Å². The fraction of sp³-hybridized carbons (Fsp3) is 0.400. The third-order valence-electron chi connectivity index (χ3n) is 3.50. The zero-order valence-electron chi connectivity index (χ0n) is 10.8. The van der Waals surface area contributed by atoms with Gasteiger partial charge in [-0.15, -0.1) is 0 Å². The molecule has 0 saturated heterocycles. The van der Waals surface area contributed by atoms with E-state index in [9.17, 15) is 9.90 Å². The number of aliphatic carboxylic acids is 1. The molecule has 0 bridgehead atoms. The van der Waals surface area contributed by atoms with Gasteiger partial charge in [0.25, 0.3) is 0 Å². The molecule has 96 valence electrons. The summed E-state index contributed by atoms with van der Waals surface area (Å²) < 4.78 is 0. The Kier molecular flexibility index (Phi) is 3.70. The van der Waals surface area contributed by atoms with E-state index in [-0.39, 0.29) is 6.04 Å². The molecule has 0 spiro atoms. The summed E-state index contributed by atoms with van der Waals surface area (Å²) in [4.78, 5) is 13.3. The van der Waals surface area contributed by atoms with Gasteiger partial charge in [0.1, 0.15) is 5.70 Å². The molecule has 0 fully saturated rings. The third-order valence-corrected chi connectivity index (χ3v) is 3.50. The second-order valence-corrected chi connectivity index (χ2v) is 4.97. The molecule has 0 radical (unpaired) electrons. The minimum atomic E-state index is -0.829. The van der Waals surface area contributed by atoms with Crippen molar-refractivity contribution in [3.63, 3.8) is 0 Å². The average Bonchev–Trinajstić information content (AvgIpc) is 2.38. The monoisotopic (exact) mass is 245 g/mol. The highest BCUT2D eigenvalue weighted by molar-refractivity contribution is 5.86. The van der Waals surface area contributed by atoms with E-state index in [4.69, 9.17) is 0 Å². The molecule has 3 nitrogen and oxygen atoms in total. The van der Waals surface area contributed by atoms with E-state index in [0.717, 1.165) is 18.5 Å². The molecule has 1 aromatic rings. The Morgan fingerprint density at radius 1 is 1.39 bits per heavy atom. The lowest BCUT2D eigenvalue weighted by Gasteiger charge is -2.36. The number of allylic oxidation sites excluding steroid dienone is 1. The maximum atomic E-state index is 11.3. The first-order valence-electron chi connectivity index (χ1n) is 6.34. The molecule has 2 unspecified atom stereocenters. The fourth-order valence-corrected chi connectivity index (χ4v) is 2.43. The molecule has 1 aromatic carbocycles. The summed E-state index contributed by atoms with van der Waals surface area (Å²) in [5.74, 6) is -0.330. The van der Waals surface area contributed by atoms with Crippen LogP contribution in [0.1, 0.15) is 31.9 Å². The predicted molar refractivity (Wildman–Crippen MR) is 71.1 cm³/mol. The molecule has 0 aliphatic carbocycles. The maximum absolute atomic E-state index is 11.3. The average molecular weight is 245 g/mol. The SMILES string of the molecule is CC1CC=C(C(=O)O)N(C(C)c2ccccc2)C1. The quantitative estimate of drug-likeness (QED) is 0.889. The number of hydrogen-bond donors (Lipinski definition) is 1. The molecular formula is C15H19NO2. The van der Waals surface area contributed by atoms with E-state index < -0.39 is 5.97 Å². The Balaban J connectivity index is 2.27. The van der Waals surface area contributed by atoms with Gasteiger partial charge in [-0.1, -0.05) is 43.3 Å². The summed E-state index contributed by atoms with van der Waals surface area (Å²) in [7, 11) is 0. The number of rotatable bonds is 3. The standard InChI is InChI=1S/C15H19NO2/c1-11-8-9-14(15(17)18)16(10-11)12(2)13-6-4-3-5-7-13/h3-7,9,11-12H,8,10H2,1-2H3,(H,17,18). The predicted octanol–water partition coefficient (Wildman–Crippen LogP) is 3.06. The molecule has 0 saturated carbocycles. The molecule has 0 amide bonds. The molecule has 0 aromatic heterocycles. The summed E-state index contributed by atoms with van der Waals surface area (Å²) in [6.07, 6.45) is 2.69. The van der Waals surface area contributed by atoms with E-state index in [2.05, 4.69) is 13.8 Å². The second-order valence-electron chi connectivity index (χ2n) is 4.97. The molecule has 18 heavy (non-hydrogen) atoms. The van der Waals surface area contributed by atoms with Crippen LogP contribution in [0.15, 0.2) is 42.1 Å². The van der Waals surface area contributed by atoms with Gasteiger partial charge < -0.3 is 10.0 Å². The fourth-order valence-electron chi connectivity index (χ4n) is 2.43.